The molecule has 4 nitrogen and oxygen atoms in total. The first kappa shape index (κ1) is 25.3. The molecule has 1 aliphatic heterocycles. The van der Waals surface area contributed by atoms with Gasteiger partial charge < -0.3 is 4.90 Å². The van der Waals surface area contributed by atoms with Crippen LogP contribution in [0.4, 0.5) is 13.2 Å². The number of nitrogens with zero attached hydrogens (tertiary/aromatic N) is 1. The summed E-state index contributed by atoms with van der Waals surface area (Å²) >= 11 is 0. The predicted molar refractivity (Wildman–Crippen MR) is 121 cm³/mol. The fourth-order valence-corrected chi connectivity index (χ4v) is 6.35. The van der Waals surface area contributed by atoms with Gasteiger partial charge in [0.25, 0.3) is 0 Å². The smallest absolute Gasteiger partial charge is 0.342 e. The van der Waals surface area contributed by atoms with Crippen LogP contribution in [0.2, 0.25) is 0 Å². The van der Waals surface area contributed by atoms with Crippen molar-refractivity contribution >= 4 is 15.7 Å². The summed E-state index contributed by atoms with van der Waals surface area (Å²) in [6.07, 6.45) is -3.02. The molecule has 0 N–H and O–H groups in total. The molecule has 0 aromatic heterocycles. The number of carbonyl (C=O) groups excluding carboxylic acids is 1. The average molecular weight is 482 g/mol. The predicted octanol–water partition coefficient (Wildman–Crippen LogP) is 5.38. The lowest BCUT2D eigenvalue weighted by atomic mass is 9.85. The number of likely N-dealkylation sites (tertiary alicyclic amines) is 1. The van der Waals surface area contributed by atoms with E-state index in [1.54, 1.807) is 18.7 Å². The molecule has 1 fully saturated rings. The lowest BCUT2D eigenvalue weighted by Crippen LogP contribution is -2.48. The third-order valence-electron chi connectivity index (χ3n) is 6.76. The van der Waals surface area contributed by atoms with Crippen LogP contribution in [0, 0.1) is 11.8 Å². The minimum atomic E-state index is -4.61. The van der Waals surface area contributed by atoms with Crippen molar-refractivity contribution in [1.29, 1.82) is 0 Å². The van der Waals surface area contributed by atoms with Gasteiger partial charge in [-0.05, 0) is 62.8 Å². The summed E-state index contributed by atoms with van der Waals surface area (Å²) in [6, 6.07) is 13.7. The molecule has 0 aliphatic carbocycles. The van der Waals surface area contributed by atoms with Gasteiger partial charge in [0.15, 0.2) is 9.84 Å². The fraction of sp³-hybridized carbons (Fsp3) is 0.480. The van der Waals surface area contributed by atoms with Crippen molar-refractivity contribution in [1.82, 2.24) is 4.90 Å². The van der Waals surface area contributed by atoms with E-state index in [1.165, 1.54) is 6.07 Å². The van der Waals surface area contributed by atoms with Gasteiger partial charge in [-0.2, -0.15) is 13.2 Å². The quantitative estimate of drug-likeness (QED) is 0.557. The van der Waals surface area contributed by atoms with Crippen LogP contribution >= 0.6 is 0 Å². The number of sulfone groups is 1. The Labute approximate surface area is 193 Å². The van der Waals surface area contributed by atoms with E-state index in [9.17, 15) is 26.4 Å². The Morgan fingerprint density at radius 3 is 2.21 bits per heavy atom. The van der Waals surface area contributed by atoms with Crippen molar-refractivity contribution in [3.05, 3.63) is 65.7 Å². The maximum Gasteiger partial charge on any atom is 0.416 e. The number of benzene rings is 2. The standard InChI is InChI=1S/C25H30F3NO3S/c1-18(16-19-8-5-4-6-9-19)23(30)29-14-12-20(13-15-29)24(2,3)33(31,32)22-11-7-10-21(17-22)25(26,27)28/h4-11,17-18,20H,12-16H2,1-3H3/t18-/m0/s1. The molecule has 1 heterocycles. The van der Waals surface area contributed by atoms with E-state index in [1.807, 2.05) is 37.3 Å². The molecule has 1 atom stereocenters. The van der Waals surface area contributed by atoms with Crippen LogP contribution in [0.3, 0.4) is 0 Å². The topological polar surface area (TPSA) is 54.5 Å². The zero-order valence-corrected chi connectivity index (χ0v) is 19.9. The average Bonchev–Trinajstić information content (AvgIpc) is 2.78. The first-order chi connectivity index (χ1) is 15.3. The number of halogens is 3. The van der Waals surface area contributed by atoms with Crippen molar-refractivity contribution in [3.8, 4) is 0 Å². The van der Waals surface area contributed by atoms with E-state index in [0.717, 1.165) is 17.7 Å². The molecule has 0 bridgehead atoms. The zero-order chi connectivity index (χ0) is 24.4. The van der Waals surface area contributed by atoms with Crippen molar-refractivity contribution < 1.29 is 26.4 Å². The van der Waals surface area contributed by atoms with Gasteiger partial charge >= 0.3 is 6.18 Å². The van der Waals surface area contributed by atoms with Gasteiger partial charge in [0.2, 0.25) is 5.91 Å². The Bertz CT molecular complexity index is 1070. The molecule has 3 rings (SSSR count). The Kier molecular flexibility index (Phi) is 7.27. The van der Waals surface area contributed by atoms with Crippen LogP contribution in [-0.4, -0.2) is 37.1 Å². The molecule has 33 heavy (non-hydrogen) atoms. The monoisotopic (exact) mass is 481 g/mol. The molecule has 0 unspecified atom stereocenters. The number of piperidine rings is 1. The van der Waals surface area contributed by atoms with Gasteiger partial charge in [0.1, 0.15) is 0 Å². The summed E-state index contributed by atoms with van der Waals surface area (Å²) in [4.78, 5) is 14.4. The van der Waals surface area contributed by atoms with Gasteiger partial charge in [-0.1, -0.05) is 43.3 Å². The van der Waals surface area contributed by atoms with E-state index in [-0.39, 0.29) is 22.6 Å². The van der Waals surface area contributed by atoms with E-state index >= 15 is 0 Å². The molecule has 0 saturated carbocycles. The highest BCUT2D eigenvalue weighted by atomic mass is 32.2. The van der Waals surface area contributed by atoms with Crippen molar-refractivity contribution in [3.63, 3.8) is 0 Å². The van der Waals surface area contributed by atoms with E-state index in [4.69, 9.17) is 0 Å². The summed E-state index contributed by atoms with van der Waals surface area (Å²) in [5.41, 5.74) is 0.105. The van der Waals surface area contributed by atoms with Crippen molar-refractivity contribution in [2.24, 2.45) is 11.8 Å². The van der Waals surface area contributed by atoms with Crippen LogP contribution in [0.1, 0.15) is 44.7 Å². The van der Waals surface area contributed by atoms with Gasteiger partial charge in [-0.25, -0.2) is 8.42 Å². The molecule has 0 radical (unpaired) electrons. The molecule has 2 aromatic rings. The maximum absolute atomic E-state index is 13.3. The minimum absolute atomic E-state index is 0.0378. The van der Waals surface area contributed by atoms with Crippen LogP contribution in [0.25, 0.3) is 0 Å². The highest BCUT2D eigenvalue weighted by Crippen LogP contribution is 2.39. The molecule has 1 amide bonds. The zero-order valence-electron chi connectivity index (χ0n) is 19.1. The number of carbonyl (C=O) groups is 1. The van der Waals surface area contributed by atoms with Crippen LogP contribution < -0.4 is 0 Å². The summed E-state index contributed by atoms with van der Waals surface area (Å²) in [7, 11) is -4.02. The lowest BCUT2D eigenvalue weighted by molar-refractivity contribution is -0.138. The molecule has 8 heteroatoms. The first-order valence-corrected chi connectivity index (χ1v) is 12.6. The highest BCUT2D eigenvalue weighted by molar-refractivity contribution is 7.92. The summed E-state index contributed by atoms with van der Waals surface area (Å²) in [5.74, 6) is -0.424. The highest BCUT2D eigenvalue weighted by Gasteiger charge is 2.45. The number of hydrogen-bond donors (Lipinski definition) is 0. The first-order valence-electron chi connectivity index (χ1n) is 11.1. The second-order valence-corrected chi connectivity index (χ2v) is 11.9. The lowest BCUT2D eigenvalue weighted by Gasteiger charge is -2.40. The minimum Gasteiger partial charge on any atom is -0.342 e. The number of alkyl halides is 3. The molecule has 1 aliphatic rings. The molecular weight excluding hydrogens is 451 g/mol. The largest absolute Gasteiger partial charge is 0.416 e. The van der Waals surface area contributed by atoms with Crippen LogP contribution in [-0.2, 0) is 27.2 Å². The third kappa shape index (κ3) is 5.42. The second kappa shape index (κ2) is 9.49. The SMILES string of the molecule is C[C@@H](Cc1ccccc1)C(=O)N1CCC(C(C)(C)S(=O)(=O)c2cccc(C(F)(F)F)c2)CC1. The van der Waals surface area contributed by atoms with E-state index in [0.29, 0.717) is 38.4 Å². The van der Waals surface area contributed by atoms with Gasteiger partial charge in [-0.15, -0.1) is 0 Å². The Hall–Kier alpha value is -2.35. The molecular formula is C25H30F3NO3S. The molecule has 180 valence electrons. The van der Waals surface area contributed by atoms with Gasteiger partial charge in [0, 0.05) is 19.0 Å². The number of rotatable bonds is 6. The summed E-state index contributed by atoms with van der Waals surface area (Å²) in [6.45, 7) is 5.91. The third-order valence-corrected chi connectivity index (χ3v) is 9.35. The normalized spacial score (nSPS) is 17.1. The van der Waals surface area contributed by atoms with E-state index < -0.39 is 26.3 Å². The maximum atomic E-state index is 13.3. The van der Waals surface area contributed by atoms with Gasteiger partial charge in [0.05, 0.1) is 15.2 Å². The van der Waals surface area contributed by atoms with Crippen LogP contribution in [0.15, 0.2) is 59.5 Å². The van der Waals surface area contributed by atoms with Crippen LogP contribution in [0.5, 0.6) is 0 Å². The number of hydrogen-bond acceptors (Lipinski definition) is 3. The molecule has 1 saturated heterocycles. The van der Waals surface area contributed by atoms with E-state index in [2.05, 4.69) is 0 Å². The second-order valence-electron chi connectivity index (χ2n) is 9.32. The Morgan fingerprint density at radius 1 is 1.03 bits per heavy atom. The Balaban J connectivity index is 1.68. The Morgan fingerprint density at radius 2 is 1.64 bits per heavy atom. The fourth-order valence-electron chi connectivity index (χ4n) is 4.52. The summed E-state index contributed by atoms with van der Waals surface area (Å²) < 4.78 is 64.7. The summed E-state index contributed by atoms with van der Waals surface area (Å²) in [5, 5.41) is 0. The molecule has 2 aromatic carbocycles. The molecule has 0 spiro atoms. The van der Waals surface area contributed by atoms with Crippen molar-refractivity contribution in [2.75, 3.05) is 13.1 Å². The van der Waals surface area contributed by atoms with Gasteiger partial charge in [-0.3, -0.25) is 4.79 Å². The number of amides is 1. The van der Waals surface area contributed by atoms with Crippen molar-refractivity contribution in [2.45, 2.75) is 55.9 Å².